The minimum atomic E-state index is -0.194. The summed E-state index contributed by atoms with van der Waals surface area (Å²) in [4.78, 5) is 17.7. The van der Waals surface area contributed by atoms with Gasteiger partial charge in [0.1, 0.15) is 0 Å². The lowest BCUT2D eigenvalue weighted by atomic mass is 9.67. The Morgan fingerprint density at radius 2 is 1.88 bits per heavy atom. The number of hydrogen-bond acceptors (Lipinski definition) is 2. The number of fused-ring (bicyclic) bond motifs is 1. The van der Waals surface area contributed by atoms with E-state index in [9.17, 15) is 4.79 Å². The molecule has 2 aromatic rings. The van der Waals surface area contributed by atoms with Gasteiger partial charge in [0, 0.05) is 10.8 Å². The highest BCUT2D eigenvalue weighted by Crippen LogP contribution is 2.43. The second kappa shape index (κ2) is 7.99. The molecule has 0 radical (unpaired) electrons. The summed E-state index contributed by atoms with van der Waals surface area (Å²) < 4.78 is 0. The van der Waals surface area contributed by atoms with Crippen molar-refractivity contribution in [1.82, 2.24) is 4.98 Å². The molecule has 1 saturated carbocycles. The van der Waals surface area contributed by atoms with Gasteiger partial charge in [0.2, 0.25) is 5.91 Å². The summed E-state index contributed by atoms with van der Waals surface area (Å²) in [6.45, 7) is 4.49. The Hall–Kier alpha value is -1.90. The number of rotatable bonds is 6. The number of benzene rings is 1. The van der Waals surface area contributed by atoms with Crippen LogP contribution in [0.4, 0.5) is 5.69 Å². The van der Waals surface area contributed by atoms with E-state index in [2.05, 4.69) is 24.1 Å². The highest BCUT2D eigenvalue weighted by atomic mass is 16.2. The molecule has 1 heterocycles. The number of anilines is 1. The third-order valence-corrected chi connectivity index (χ3v) is 5.97. The van der Waals surface area contributed by atoms with E-state index in [-0.39, 0.29) is 11.3 Å². The van der Waals surface area contributed by atoms with E-state index in [1.165, 1.54) is 19.3 Å². The third-order valence-electron chi connectivity index (χ3n) is 5.97. The molecule has 0 aliphatic heterocycles. The van der Waals surface area contributed by atoms with E-state index in [0.29, 0.717) is 5.92 Å². The Balaban J connectivity index is 1.81. The highest BCUT2D eigenvalue weighted by molar-refractivity contribution is 5.96. The van der Waals surface area contributed by atoms with Gasteiger partial charge in [-0.05, 0) is 37.3 Å². The van der Waals surface area contributed by atoms with Crippen molar-refractivity contribution in [3.8, 4) is 0 Å². The van der Waals surface area contributed by atoms with Crippen LogP contribution in [0.15, 0.2) is 36.5 Å². The molecule has 0 spiro atoms. The number of hydrogen-bond donors (Lipinski definition) is 1. The first-order valence-electron chi connectivity index (χ1n) is 9.83. The van der Waals surface area contributed by atoms with Gasteiger partial charge in [0.15, 0.2) is 0 Å². The molecule has 1 fully saturated rings. The van der Waals surface area contributed by atoms with E-state index in [1.54, 1.807) is 6.20 Å². The van der Waals surface area contributed by atoms with Crippen molar-refractivity contribution in [2.75, 3.05) is 5.32 Å². The predicted octanol–water partition coefficient (Wildman–Crippen LogP) is 5.95. The first kappa shape index (κ1) is 17.9. The van der Waals surface area contributed by atoms with Gasteiger partial charge in [0.25, 0.3) is 0 Å². The molecule has 25 heavy (non-hydrogen) atoms. The van der Waals surface area contributed by atoms with Crippen molar-refractivity contribution >= 4 is 22.5 Å². The smallest absolute Gasteiger partial charge is 0.230 e. The van der Waals surface area contributed by atoms with Crippen LogP contribution in [0, 0.1) is 11.3 Å². The number of aromatic nitrogens is 1. The van der Waals surface area contributed by atoms with Crippen molar-refractivity contribution < 1.29 is 4.79 Å². The van der Waals surface area contributed by atoms with Gasteiger partial charge in [-0.15, -0.1) is 0 Å². The topological polar surface area (TPSA) is 42.0 Å². The monoisotopic (exact) mass is 338 g/mol. The number of pyridine rings is 1. The molecule has 0 atom stereocenters. The molecule has 0 saturated heterocycles. The van der Waals surface area contributed by atoms with Crippen LogP contribution in [0.25, 0.3) is 10.9 Å². The fourth-order valence-corrected chi connectivity index (χ4v) is 4.29. The molecule has 1 aromatic heterocycles. The average molecular weight is 338 g/mol. The van der Waals surface area contributed by atoms with Crippen LogP contribution >= 0.6 is 0 Å². The summed E-state index contributed by atoms with van der Waals surface area (Å²) in [7, 11) is 0. The highest BCUT2D eigenvalue weighted by Gasteiger charge is 2.40. The first-order valence-corrected chi connectivity index (χ1v) is 9.83. The summed E-state index contributed by atoms with van der Waals surface area (Å²) in [6.07, 6.45) is 10.8. The molecule has 0 unspecified atom stereocenters. The molecular weight excluding hydrogens is 308 g/mol. The van der Waals surface area contributed by atoms with Crippen LogP contribution in [0.1, 0.15) is 65.2 Å². The van der Waals surface area contributed by atoms with Crippen molar-refractivity contribution in [2.45, 2.75) is 65.2 Å². The van der Waals surface area contributed by atoms with Crippen LogP contribution in [0.5, 0.6) is 0 Å². The van der Waals surface area contributed by atoms with Gasteiger partial charge in [-0.25, -0.2) is 0 Å². The number of para-hydroxylation sites is 1. The number of nitrogens with one attached hydrogen (secondary N) is 1. The fourth-order valence-electron chi connectivity index (χ4n) is 4.29. The van der Waals surface area contributed by atoms with Crippen molar-refractivity contribution in [1.29, 1.82) is 0 Å². The minimum absolute atomic E-state index is 0.194. The van der Waals surface area contributed by atoms with Gasteiger partial charge in [-0.2, -0.15) is 0 Å². The Morgan fingerprint density at radius 1 is 1.16 bits per heavy atom. The SMILES string of the molecule is CCC(CC)CC1(C(=O)Nc2cnc3ccccc3c2)CCCCC1. The fraction of sp³-hybridized carbons (Fsp3) is 0.545. The summed E-state index contributed by atoms with van der Waals surface area (Å²) >= 11 is 0. The van der Waals surface area contributed by atoms with Gasteiger partial charge in [0.05, 0.1) is 17.4 Å². The molecule has 1 aliphatic rings. The molecule has 0 bridgehead atoms. The molecule has 1 amide bonds. The Labute approximate surface area is 151 Å². The van der Waals surface area contributed by atoms with Crippen LogP contribution in [0.3, 0.4) is 0 Å². The van der Waals surface area contributed by atoms with Gasteiger partial charge in [-0.3, -0.25) is 9.78 Å². The largest absolute Gasteiger partial charge is 0.324 e. The number of carbonyl (C=O) groups excluding carboxylic acids is 1. The van der Waals surface area contributed by atoms with Crippen LogP contribution < -0.4 is 5.32 Å². The predicted molar refractivity (Wildman–Crippen MR) is 105 cm³/mol. The van der Waals surface area contributed by atoms with Gasteiger partial charge >= 0.3 is 0 Å². The van der Waals surface area contributed by atoms with E-state index in [1.807, 2.05) is 30.3 Å². The molecule has 1 aromatic carbocycles. The maximum atomic E-state index is 13.3. The second-order valence-corrected chi connectivity index (χ2v) is 7.60. The molecule has 1 N–H and O–H groups in total. The summed E-state index contributed by atoms with van der Waals surface area (Å²) in [5.41, 5.74) is 1.59. The minimum Gasteiger partial charge on any atom is -0.324 e. The third kappa shape index (κ3) is 4.02. The molecular formula is C22H30N2O. The van der Waals surface area contributed by atoms with Crippen LogP contribution in [0.2, 0.25) is 0 Å². The van der Waals surface area contributed by atoms with E-state index in [4.69, 9.17) is 0 Å². The Kier molecular flexibility index (Phi) is 5.72. The molecule has 3 nitrogen and oxygen atoms in total. The zero-order chi connectivity index (χ0) is 17.7. The van der Waals surface area contributed by atoms with Crippen molar-refractivity contribution in [3.63, 3.8) is 0 Å². The molecule has 3 heteroatoms. The zero-order valence-electron chi connectivity index (χ0n) is 15.6. The average Bonchev–Trinajstić information content (AvgIpc) is 2.66. The lowest BCUT2D eigenvalue weighted by molar-refractivity contribution is -0.128. The lowest BCUT2D eigenvalue weighted by Gasteiger charge is -2.38. The Bertz CT molecular complexity index is 715. The lowest BCUT2D eigenvalue weighted by Crippen LogP contribution is -2.39. The van der Waals surface area contributed by atoms with Gasteiger partial charge in [-0.1, -0.05) is 64.2 Å². The number of amides is 1. The quantitative estimate of drug-likeness (QED) is 0.707. The summed E-state index contributed by atoms with van der Waals surface area (Å²) in [5, 5.41) is 4.26. The van der Waals surface area contributed by atoms with Crippen LogP contribution in [-0.4, -0.2) is 10.9 Å². The summed E-state index contributed by atoms with van der Waals surface area (Å²) in [6, 6.07) is 10.1. The Morgan fingerprint density at radius 3 is 2.60 bits per heavy atom. The molecule has 3 rings (SSSR count). The van der Waals surface area contributed by atoms with E-state index >= 15 is 0 Å². The normalized spacial score (nSPS) is 16.9. The number of nitrogens with zero attached hydrogens (tertiary/aromatic N) is 1. The zero-order valence-corrected chi connectivity index (χ0v) is 15.6. The van der Waals surface area contributed by atoms with Crippen molar-refractivity contribution in [3.05, 3.63) is 36.5 Å². The first-order chi connectivity index (χ1) is 12.2. The number of carbonyl (C=O) groups is 1. The second-order valence-electron chi connectivity index (χ2n) is 7.60. The molecule has 134 valence electrons. The maximum Gasteiger partial charge on any atom is 0.230 e. The molecule has 1 aliphatic carbocycles. The van der Waals surface area contributed by atoms with Crippen LogP contribution in [-0.2, 0) is 4.79 Å². The standard InChI is InChI=1S/C22H30N2O/c1-3-17(4-2)15-22(12-8-5-9-13-22)21(25)24-19-14-18-10-6-7-11-20(18)23-16-19/h6-7,10-11,14,16-17H,3-5,8-9,12-13,15H2,1-2H3,(H,24,25). The van der Waals surface area contributed by atoms with E-state index in [0.717, 1.165) is 48.7 Å². The summed E-state index contributed by atoms with van der Waals surface area (Å²) in [5.74, 6) is 0.842. The van der Waals surface area contributed by atoms with E-state index < -0.39 is 0 Å². The van der Waals surface area contributed by atoms with Crippen molar-refractivity contribution in [2.24, 2.45) is 11.3 Å². The maximum absolute atomic E-state index is 13.3. The van der Waals surface area contributed by atoms with Gasteiger partial charge < -0.3 is 5.32 Å².